The van der Waals surface area contributed by atoms with Crippen molar-refractivity contribution in [2.75, 3.05) is 31.1 Å². The first-order valence-electron chi connectivity index (χ1n) is 12.2. The van der Waals surface area contributed by atoms with Gasteiger partial charge in [-0.2, -0.15) is 17.4 Å². The fourth-order valence-electron chi connectivity index (χ4n) is 4.36. The van der Waals surface area contributed by atoms with Gasteiger partial charge in [-0.1, -0.05) is 43.9 Å². The molecular weight excluding hydrogens is 504 g/mol. The lowest BCUT2D eigenvalue weighted by Crippen LogP contribution is -2.55. The number of benzene rings is 3. The van der Waals surface area contributed by atoms with Crippen molar-refractivity contribution in [1.29, 1.82) is 0 Å². The molecule has 0 aliphatic carbocycles. The van der Waals surface area contributed by atoms with Gasteiger partial charge < -0.3 is 15.7 Å². The number of primary amides is 1. The van der Waals surface area contributed by atoms with Gasteiger partial charge >= 0.3 is 5.97 Å². The average Bonchev–Trinajstić information content (AvgIpc) is 2.90. The van der Waals surface area contributed by atoms with E-state index in [9.17, 15) is 23.1 Å². The number of carbonyl (C=O) groups is 2. The summed E-state index contributed by atoms with van der Waals surface area (Å²) in [5.74, 6) is 4.22. The molecule has 0 aromatic heterocycles. The predicted octanol–water partition coefficient (Wildman–Crippen LogP) is 2.40. The normalized spacial score (nSPS) is 15.2. The highest BCUT2D eigenvalue weighted by molar-refractivity contribution is 7.87. The summed E-state index contributed by atoms with van der Waals surface area (Å²) in [6.45, 7) is 4.77. The number of amides is 1. The molecule has 3 aromatic carbocycles. The Morgan fingerprint density at radius 3 is 2.18 bits per heavy atom. The summed E-state index contributed by atoms with van der Waals surface area (Å²) in [6.07, 6.45) is 0. The van der Waals surface area contributed by atoms with Crippen molar-refractivity contribution >= 4 is 38.5 Å². The van der Waals surface area contributed by atoms with Crippen molar-refractivity contribution in [3.63, 3.8) is 0 Å². The largest absolute Gasteiger partial charge is 0.480 e. The Hall–Kier alpha value is -3.91. The summed E-state index contributed by atoms with van der Waals surface area (Å²) < 4.78 is 29.0. The molecule has 3 aromatic rings. The molecule has 9 nitrogen and oxygen atoms in total. The van der Waals surface area contributed by atoms with Gasteiger partial charge in [0.25, 0.3) is 10.2 Å². The number of carboxylic acids is 1. The zero-order valence-corrected chi connectivity index (χ0v) is 22.0. The highest BCUT2D eigenvalue weighted by Crippen LogP contribution is 2.21. The lowest BCUT2D eigenvalue weighted by Gasteiger charge is -2.36. The van der Waals surface area contributed by atoms with Gasteiger partial charge in [-0.05, 0) is 59.2 Å². The molecule has 0 spiro atoms. The molecule has 1 saturated heterocycles. The molecule has 0 saturated carbocycles. The van der Waals surface area contributed by atoms with E-state index in [1.807, 2.05) is 48.5 Å². The third-order valence-corrected chi connectivity index (χ3v) is 8.12. The maximum Gasteiger partial charge on any atom is 0.322 e. The molecule has 10 heteroatoms. The number of fused-ring (bicyclic) bond motifs is 1. The monoisotopic (exact) mass is 534 g/mol. The van der Waals surface area contributed by atoms with Gasteiger partial charge in [-0.15, -0.1) is 0 Å². The molecule has 198 valence electrons. The van der Waals surface area contributed by atoms with Gasteiger partial charge in [0.15, 0.2) is 0 Å². The lowest BCUT2D eigenvalue weighted by molar-refractivity contribution is -0.140. The van der Waals surface area contributed by atoms with E-state index in [1.54, 1.807) is 26.0 Å². The van der Waals surface area contributed by atoms with Crippen LogP contribution in [0.2, 0.25) is 0 Å². The Balaban J connectivity index is 1.40. The van der Waals surface area contributed by atoms with Crippen LogP contribution in [0, 0.1) is 17.8 Å². The summed E-state index contributed by atoms with van der Waals surface area (Å²) in [7, 11) is -3.91. The second-order valence-electron chi connectivity index (χ2n) is 9.47. The van der Waals surface area contributed by atoms with Crippen LogP contribution in [0.3, 0.4) is 0 Å². The summed E-state index contributed by atoms with van der Waals surface area (Å²) in [6, 6.07) is 17.6. The first-order chi connectivity index (χ1) is 18.0. The number of anilines is 1. The van der Waals surface area contributed by atoms with Gasteiger partial charge in [0.1, 0.15) is 6.04 Å². The van der Waals surface area contributed by atoms with Crippen LogP contribution >= 0.6 is 0 Å². The highest BCUT2D eigenvalue weighted by Gasteiger charge is 2.32. The van der Waals surface area contributed by atoms with Crippen LogP contribution in [0.5, 0.6) is 0 Å². The van der Waals surface area contributed by atoms with Crippen molar-refractivity contribution in [1.82, 2.24) is 9.03 Å². The fraction of sp³-hybridized carbons (Fsp3) is 0.286. The first kappa shape index (κ1) is 27.1. The standard InChI is InChI=1S/C28H30N4O5S/c1-19(2)26(28(34)35)30-38(36,37)32-16-14-31(15-17-32)23-12-9-20(10-13-23)6-7-21-8-11-22-4-3-5-24(27(29)33)25(22)18-21/h3-5,8-13,18-19,26,30H,14-17H2,1-2H3,(H2,29,33)(H,34,35)/t26-/m1/s1. The van der Waals surface area contributed by atoms with E-state index in [4.69, 9.17) is 5.73 Å². The number of carbonyl (C=O) groups excluding carboxylic acids is 1. The second kappa shape index (κ2) is 11.2. The van der Waals surface area contributed by atoms with Crippen LogP contribution in [-0.4, -0.2) is 61.9 Å². The van der Waals surface area contributed by atoms with Gasteiger partial charge in [-0.3, -0.25) is 9.59 Å². The molecule has 4 rings (SSSR count). The molecular formula is C28H30N4O5S. The second-order valence-corrected chi connectivity index (χ2v) is 11.2. The number of nitrogens with two attached hydrogens (primary N) is 1. The van der Waals surface area contributed by atoms with E-state index in [2.05, 4.69) is 21.5 Å². The van der Waals surface area contributed by atoms with Crippen molar-refractivity contribution in [2.45, 2.75) is 19.9 Å². The van der Waals surface area contributed by atoms with Crippen LogP contribution in [-0.2, 0) is 15.0 Å². The minimum atomic E-state index is -3.91. The molecule has 0 radical (unpaired) electrons. The SMILES string of the molecule is CC(C)[C@@H](NS(=O)(=O)N1CCN(c2ccc(C#Cc3ccc4cccc(C(N)=O)c4c3)cc2)CC1)C(=O)O. The maximum atomic E-state index is 12.7. The number of hydrogen-bond acceptors (Lipinski definition) is 5. The Kier molecular flexibility index (Phi) is 8.02. The van der Waals surface area contributed by atoms with Crippen LogP contribution in [0.4, 0.5) is 5.69 Å². The van der Waals surface area contributed by atoms with E-state index in [0.717, 1.165) is 27.6 Å². The molecule has 1 aliphatic rings. The molecule has 1 fully saturated rings. The smallest absolute Gasteiger partial charge is 0.322 e. The van der Waals surface area contributed by atoms with E-state index < -0.39 is 28.1 Å². The van der Waals surface area contributed by atoms with Crippen molar-refractivity contribution < 1.29 is 23.1 Å². The third-order valence-electron chi connectivity index (χ3n) is 6.52. The van der Waals surface area contributed by atoms with Crippen molar-refractivity contribution in [3.05, 3.63) is 77.4 Å². The van der Waals surface area contributed by atoms with Gasteiger partial charge in [-0.25, -0.2) is 0 Å². The number of rotatable bonds is 7. The summed E-state index contributed by atoms with van der Waals surface area (Å²) in [4.78, 5) is 25.2. The predicted molar refractivity (Wildman–Crippen MR) is 147 cm³/mol. The van der Waals surface area contributed by atoms with E-state index in [0.29, 0.717) is 18.7 Å². The Morgan fingerprint density at radius 2 is 1.58 bits per heavy atom. The zero-order chi connectivity index (χ0) is 27.4. The van der Waals surface area contributed by atoms with Crippen LogP contribution in [0.15, 0.2) is 60.7 Å². The first-order valence-corrected chi connectivity index (χ1v) is 13.7. The topological polar surface area (TPSA) is 133 Å². The number of carboxylic acid groups (broad SMARTS) is 1. The molecule has 1 heterocycles. The molecule has 4 N–H and O–H groups in total. The molecule has 38 heavy (non-hydrogen) atoms. The van der Waals surface area contributed by atoms with Crippen LogP contribution < -0.4 is 15.4 Å². The fourth-order valence-corrected chi connectivity index (χ4v) is 5.85. The van der Waals surface area contributed by atoms with E-state index in [-0.39, 0.29) is 19.0 Å². The zero-order valence-electron chi connectivity index (χ0n) is 21.2. The van der Waals surface area contributed by atoms with E-state index >= 15 is 0 Å². The van der Waals surface area contributed by atoms with Gasteiger partial charge in [0.05, 0.1) is 0 Å². The Bertz CT molecular complexity index is 1520. The molecule has 1 amide bonds. The number of nitrogens with zero attached hydrogens (tertiary/aromatic N) is 2. The van der Waals surface area contributed by atoms with E-state index in [1.165, 1.54) is 4.31 Å². The Morgan fingerprint density at radius 1 is 0.947 bits per heavy atom. The summed E-state index contributed by atoms with van der Waals surface area (Å²) >= 11 is 0. The third kappa shape index (κ3) is 6.14. The van der Waals surface area contributed by atoms with Gasteiger partial charge in [0, 0.05) is 48.6 Å². The molecule has 0 unspecified atom stereocenters. The summed E-state index contributed by atoms with van der Waals surface area (Å²) in [5, 5.41) is 11.0. The number of aliphatic carboxylic acids is 1. The van der Waals surface area contributed by atoms with Gasteiger partial charge in [0.2, 0.25) is 5.91 Å². The molecule has 1 aliphatic heterocycles. The number of nitrogens with one attached hydrogen (secondary N) is 1. The molecule has 1 atom stereocenters. The highest BCUT2D eigenvalue weighted by atomic mass is 32.2. The van der Waals surface area contributed by atoms with Crippen LogP contribution in [0.25, 0.3) is 10.8 Å². The minimum Gasteiger partial charge on any atom is -0.480 e. The minimum absolute atomic E-state index is 0.247. The number of hydrogen-bond donors (Lipinski definition) is 3. The number of piperazine rings is 1. The van der Waals surface area contributed by atoms with Crippen molar-refractivity contribution in [2.24, 2.45) is 11.7 Å². The quantitative estimate of drug-likeness (QED) is 0.399. The lowest BCUT2D eigenvalue weighted by atomic mass is 10.0. The summed E-state index contributed by atoms with van der Waals surface area (Å²) in [5.41, 5.74) is 8.49. The average molecular weight is 535 g/mol. The van der Waals surface area contributed by atoms with Crippen LogP contribution in [0.1, 0.15) is 35.3 Å². The maximum absolute atomic E-state index is 12.7. The molecule has 0 bridgehead atoms. The van der Waals surface area contributed by atoms with Crippen molar-refractivity contribution in [3.8, 4) is 11.8 Å². The Labute approximate surface area is 222 Å².